The molecule has 0 saturated carbocycles. The predicted molar refractivity (Wildman–Crippen MR) is 61.9 cm³/mol. The van der Waals surface area contributed by atoms with E-state index in [1.807, 2.05) is 0 Å². The van der Waals surface area contributed by atoms with E-state index in [0.717, 1.165) is 18.6 Å². The van der Waals surface area contributed by atoms with Crippen molar-refractivity contribution in [3.05, 3.63) is 0 Å². The lowest BCUT2D eigenvalue weighted by molar-refractivity contribution is 0.149. The molecule has 0 radical (unpaired) electrons. The zero-order valence-electron chi connectivity index (χ0n) is 9.78. The van der Waals surface area contributed by atoms with Crippen LogP contribution in [0.3, 0.4) is 0 Å². The molecule has 0 bridgehead atoms. The minimum absolute atomic E-state index is 0.321. The van der Waals surface area contributed by atoms with Crippen molar-refractivity contribution < 1.29 is 5.11 Å². The predicted octanol–water partition coefficient (Wildman–Crippen LogP) is 0.831. The quantitative estimate of drug-likeness (QED) is 0.724. The lowest BCUT2D eigenvalue weighted by Gasteiger charge is -2.31. The second-order valence-corrected chi connectivity index (χ2v) is 5.20. The smallest absolute Gasteiger partial charge is 0.0468 e. The van der Waals surface area contributed by atoms with E-state index >= 15 is 0 Å². The van der Waals surface area contributed by atoms with E-state index in [2.05, 4.69) is 17.1 Å². The summed E-state index contributed by atoms with van der Waals surface area (Å²) in [6.07, 6.45) is 5.36. The number of aliphatic hydroxyl groups excluding tert-OH is 1. The lowest BCUT2D eigenvalue weighted by atomic mass is 10.0. The summed E-state index contributed by atoms with van der Waals surface area (Å²) >= 11 is 0. The Morgan fingerprint density at radius 2 is 2.27 bits per heavy atom. The van der Waals surface area contributed by atoms with Gasteiger partial charge in [0.1, 0.15) is 0 Å². The highest BCUT2D eigenvalue weighted by Gasteiger charge is 2.33. The fourth-order valence-corrected chi connectivity index (χ4v) is 3.03. The summed E-state index contributed by atoms with van der Waals surface area (Å²) in [5, 5.41) is 12.7. The topological polar surface area (TPSA) is 35.5 Å². The first-order chi connectivity index (χ1) is 7.31. The van der Waals surface area contributed by atoms with Crippen LogP contribution in [0.15, 0.2) is 0 Å². The molecule has 0 spiro atoms. The minimum atomic E-state index is 0.321. The van der Waals surface area contributed by atoms with Gasteiger partial charge in [0, 0.05) is 25.2 Å². The maximum atomic E-state index is 9.10. The van der Waals surface area contributed by atoms with Gasteiger partial charge in [0.05, 0.1) is 0 Å². The zero-order valence-corrected chi connectivity index (χ0v) is 9.78. The van der Waals surface area contributed by atoms with Crippen molar-refractivity contribution in [2.45, 2.75) is 44.7 Å². The zero-order chi connectivity index (χ0) is 10.7. The van der Waals surface area contributed by atoms with Crippen molar-refractivity contribution in [3.63, 3.8) is 0 Å². The highest BCUT2D eigenvalue weighted by atomic mass is 16.3. The molecule has 2 N–H and O–H groups in total. The van der Waals surface area contributed by atoms with Crippen LogP contribution in [0.1, 0.15) is 32.6 Å². The Balaban J connectivity index is 1.86. The van der Waals surface area contributed by atoms with Gasteiger partial charge in [-0.05, 0) is 44.7 Å². The third kappa shape index (κ3) is 2.71. The van der Waals surface area contributed by atoms with Crippen molar-refractivity contribution in [1.29, 1.82) is 0 Å². The summed E-state index contributed by atoms with van der Waals surface area (Å²) in [5.41, 5.74) is 0. The third-order valence-corrected chi connectivity index (χ3v) is 3.83. The van der Waals surface area contributed by atoms with Gasteiger partial charge in [-0.3, -0.25) is 4.90 Å². The summed E-state index contributed by atoms with van der Waals surface area (Å²) in [7, 11) is 0. The highest BCUT2D eigenvalue weighted by molar-refractivity contribution is 4.92. The molecule has 0 aromatic heterocycles. The van der Waals surface area contributed by atoms with Crippen LogP contribution in [-0.4, -0.2) is 48.3 Å². The van der Waals surface area contributed by atoms with Gasteiger partial charge in [-0.2, -0.15) is 0 Å². The second-order valence-electron chi connectivity index (χ2n) is 5.20. The number of nitrogens with one attached hydrogen (secondary N) is 1. The van der Waals surface area contributed by atoms with Gasteiger partial charge >= 0.3 is 0 Å². The normalized spacial score (nSPS) is 34.8. The van der Waals surface area contributed by atoms with Gasteiger partial charge in [0.15, 0.2) is 0 Å². The average Bonchev–Trinajstić information content (AvgIpc) is 2.86. The number of nitrogens with zero attached hydrogens (tertiary/aromatic N) is 1. The first kappa shape index (κ1) is 11.4. The molecule has 3 atom stereocenters. The van der Waals surface area contributed by atoms with Gasteiger partial charge in [0.2, 0.25) is 0 Å². The highest BCUT2D eigenvalue weighted by Crippen LogP contribution is 2.25. The van der Waals surface area contributed by atoms with Gasteiger partial charge in [0.25, 0.3) is 0 Å². The Bertz CT molecular complexity index is 192. The van der Waals surface area contributed by atoms with Crippen molar-refractivity contribution in [2.75, 3.05) is 26.2 Å². The van der Waals surface area contributed by atoms with E-state index in [1.165, 1.54) is 38.8 Å². The fraction of sp³-hybridized carbons (Fsp3) is 1.00. The van der Waals surface area contributed by atoms with Crippen LogP contribution in [0.25, 0.3) is 0 Å². The van der Waals surface area contributed by atoms with Gasteiger partial charge in [-0.15, -0.1) is 0 Å². The van der Waals surface area contributed by atoms with Crippen molar-refractivity contribution in [3.8, 4) is 0 Å². The second kappa shape index (κ2) is 5.28. The van der Waals surface area contributed by atoms with E-state index < -0.39 is 0 Å². The third-order valence-electron chi connectivity index (χ3n) is 3.83. The molecule has 2 aliphatic heterocycles. The molecule has 3 unspecified atom stereocenters. The molecule has 0 aliphatic carbocycles. The van der Waals surface area contributed by atoms with Crippen LogP contribution in [0.5, 0.6) is 0 Å². The molecule has 88 valence electrons. The molecule has 0 aromatic carbocycles. The van der Waals surface area contributed by atoms with Crippen molar-refractivity contribution >= 4 is 0 Å². The van der Waals surface area contributed by atoms with Crippen LogP contribution in [0.4, 0.5) is 0 Å². The number of aliphatic hydroxyl groups is 1. The van der Waals surface area contributed by atoms with Gasteiger partial charge in [-0.25, -0.2) is 0 Å². The van der Waals surface area contributed by atoms with Crippen LogP contribution in [-0.2, 0) is 0 Å². The van der Waals surface area contributed by atoms with E-state index in [0.29, 0.717) is 12.5 Å². The molecule has 0 amide bonds. The Morgan fingerprint density at radius 1 is 1.40 bits per heavy atom. The molecule has 0 aromatic rings. The summed E-state index contributed by atoms with van der Waals surface area (Å²) in [5.74, 6) is 0.423. The molecule has 2 heterocycles. The molecule has 2 fully saturated rings. The largest absolute Gasteiger partial charge is 0.396 e. The summed E-state index contributed by atoms with van der Waals surface area (Å²) in [4.78, 5) is 2.59. The van der Waals surface area contributed by atoms with E-state index in [1.54, 1.807) is 0 Å². The number of hydrogen-bond donors (Lipinski definition) is 2. The summed E-state index contributed by atoms with van der Waals surface area (Å²) in [6, 6.07) is 1.46. The fourth-order valence-electron chi connectivity index (χ4n) is 3.03. The van der Waals surface area contributed by atoms with Gasteiger partial charge < -0.3 is 10.4 Å². The Hall–Kier alpha value is -0.120. The molecule has 2 rings (SSSR count). The van der Waals surface area contributed by atoms with Gasteiger partial charge in [-0.1, -0.05) is 6.92 Å². The number of likely N-dealkylation sites (tertiary alicyclic amines) is 1. The van der Waals surface area contributed by atoms with Crippen LogP contribution in [0, 0.1) is 5.92 Å². The monoisotopic (exact) mass is 212 g/mol. The number of rotatable bonds is 4. The first-order valence-corrected chi connectivity index (χ1v) is 6.39. The maximum absolute atomic E-state index is 9.10. The molecule has 2 saturated heterocycles. The number of hydrogen-bond acceptors (Lipinski definition) is 3. The molecule has 3 heteroatoms. The standard InChI is InChI=1S/C12H24N2O/c1-10(9-15)8-14-7-3-5-12(14)11-4-2-6-13-11/h10-13,15H,2-9H2,1H3. The molecule has 3 nitrogen and oxygen atoms in total. The molecule has 15 heavy (non-hydrogen) atoms. The van der Waals surface area contributed by atoms with E-state index in [-0.39, 0.29) is 0 Å². The van der Waals surface area contributed by atoms with E-state index in [4.69, 9.17) is 5.11 Å². The van der Waals surface area contributed by atoms with Crippen molar-refractivity contribution in [1.82, 2.24) is 10.2 Å². The Kier molecular flexibility index (Phi) is 4.00. The summed E-state index contributed by atoms with van der Waals surface area (Å²) in [6.45, 7) is 5.95. The minimum Gasteiger partial charge on any atom is -0.396 e. The Morgan fingerprint density at radius 3 is 2.93 bits per heavy atom. The Labute approximate surface area is 92.8 Å². The molecule has 2 aliphatic rings. The lowest BCUT2D eigenvalue weighted by Crippen LogP contribution is -2.45. The molecular weight excluding hydrogens is 188 g/mol. The van der Waals surface area contributed by atoms with E-state index in [9.17, 15) is 0 Å². The van der Waals surface area contributed by atoms with Crippen LogP contribution in [0.2, 0.25) is 0 Å². The average molecular weight is 212 g/mol. The van der Waals surface area contributed by atoms with Crippen molar-refractivity contribution in [2.24, 2.45) is 5.92 Å². The first-order valence-electron chi connectivity index (χ1n) is 6.39. The maximum Gasteiger partial charge on any atom is 0.0468 e. The van der Waals surface area contributed by atoms with Crippen LogP contribution < -0.4 is 5.32 Å². The molecular formula is C12H24N2O. The summed E-state index contributed by atoms with van der Waals surface area (Å²) < 4.78 is 0. The SMILES string of the molecule is CC(CO)CN1CCCC1C1CCCN1. The van der Waals surface area contributed by atoms with Crippen LogP contribution >= 0.6 is 0 Å².